The van der Waals surface area contributed by atoms with Gasteiger partial charge in [-0.05, 0) is 55.4 Å². The average molecular weight is 525 g/mol. The van der Waals surface area contributed by atoms with Gasteiger partial charge in [0, 0.05) is 81.0 Å². The third kappa shape index (κ3) is 4.48. The molecule has 1 fully saturated rings. The van der Waals surface area contributed by atoms with Crippen molar-refractivity contribution in [2.45, 2.75) is 64.5 Å². The molecule has 10 heteroatoms. The van der Waals surface area contributed by atoms with E-state index in [1.807, 2.05) is 11.0 Å². The van der Waals surface area contributed by atoms with Gasteiger partial charge in [-0.15, -0.1) is 0 Å². The lowest BCUT2D eigenvalue weighted by Gasteiger charge is -2.33. The molecule has 6 rings (SSSR count). The summed E-state index contributed by atoms with van der Waals surface area (Å²) >= 11 is 0. The second-order valence-electron chi connectivity index (χ2n) is 10.6. The van der Waals surface area contributed by atoms with Crippen LogP contribution in [0.25, 0.3) is 11.1 Å². The van der Waals surface area contributed by atoms with E-state index in [1.165, 1.54) is 0 Å². The standard InChI is InChI=1S/C28H34F2N6O2/c1-18(37)34-10-7-25-24(17-34)28(32-36(25)21-6-4-11-38-12-8-21)35-9-3-5-19-13-22(20-15-31-33(2)16-20)23(27(29)30)14-26(19)35/h13-16,21,27H,3-12,17H2,1-2H3. The first-order valence-electron chi connectivity index (χ1n) is 13.6. The summed E-state index contributed by atoms with van der Waals surface area (Å²) in [5, 5.41) is 9.38. The summed E-state index contributed by atoms with van der Waals surface area (Å²) in [7, 11) is 1.79. The Morgan fingerprint density at radius 2 is 2.00 bits per heavy atom. The third-order valence-corrected chi connectivity index (χ3v) is 8.15. The van der Waals surface area contributed by atoms with Crippen LogP contribution >= 0.6 is 0 Å². The number of alkyl halides is 2. The maximum atomic E-state index is 14.4. The maximum absolute atomic E-state index is 14.4. The van der Waals surface area contributed by atoms with E-state index in [4.69, 9.17) is 9.84 Å². The van der Waals surface area contributed by atoms with Gasteiger partial charge < -0.3 is 14.5 Å². The largest absolute Gasteiger partial charge is 0.381 e. The number of amides is 1. The molecule has 3 aliphatic heterocycles. The van der Waals surface area contributed by atoms with Gasteiger partial charge in [0.05, 0.1) is 18.8 Å². The number of hydrogen-bond acceptors (Lipinski definition) is 5. The van der Waals surface area contributed by atoms with E-state index in [9.17, 15) is 13.6 Å². The van der Waals surface area contributed by atoms with Gasteiger partial charge in [0.1, 0.15) is 0 Å². The number of ether oxygens (including phenoxy) is 1. The molecule has 3 aliphatic rings. The third-order valence-electron chi connectivity index (χ3n) is 8.15. The molecule has 0 aliphatic carbocycles. The van der Waals surface area contributed by atoms with Crippen molar-refractivity contribution in [2.75, 3.05) is 31.2 Å². The number of benzene rings is 1. The van der Waals surface area contributed by atoms with Crippen LogP contribution in [0.5, 0.6) is 0 Å². The molecule has 1 atom stereocenters. The van der Waals surface area contributed by atoms with Crippen LogP contribution in [-0.2, 0) is 36.0 Å². The van der Waals surface area contributed by atoms with Gasteiger partial charge >= 0.3 is 0 Å². The van der Waals surface area contributed by atoms with E-state index in [2.05, 4.69) is 14.7 Å². The van der Waals surface area contributed by atoms with Crippen LogP contribution in [0, 0.1) is 0 Å². The molecule has 8 nitrogen and oxygen atoms in total. The van der Waals surface area contributed by atoms with E-state index < -0.39 is 6.43 Å². The molecule has 38 heavy (non-hydrogen) atoms. The molecule has 0 saturated carbocycles. The summed E-state index contributed by atoms with van der Waals surface area (Å²) < 4.78 is 38.3. The van der Waals surface area contributed by atoms with Crippen LogP contribution in [-0.4, -0.2) is 56.7 Å². The first-order chi connectivity index (χ1) is 18.4. The Labute approximate surface area is 221 Å². The van der Waals surface area contributed by atoms with Crippen LogP contribution in [0.3, 0.4) is 0 Å². The topological polar surface area (TPSA) is 68.4 Å². The second kappa shape index (κ2) is 10.1. The molecule has 202 valence electrons. The van der Waals surface area contributed by atoms with Crippen molar-refractivity contribution in [1.82, 2.24) is 24.5 Å². The number of anilines is 2. The number of rotatable bonds is 4. The van der Waals surface area contributed by atoms with Crippen molar-refractivity contribution in [1.29, 1.82) is 0 Å². The highest BCUT2D eigenvalue weighted by atomic mass is 19.3. The minimum absolute atomic E-state index is 0.00299. The quantitative estimate of drug-likeness (QED) is 0.483. The minimum atomic E-state index is -2.62. The summed E-state index contributed by atoms with van der Waals surface area (Å²) in [4.78, 5) is 16.3. The fourth-order valence-electron chi connectivity index (χ4n) is 6.21. The molecule has 5 heterocycles. The Morgan fingerprint density at radius 1 is 1.13 bits per heavy atom. The zero-order valence-corrected chi connectivity index (χ0v) is 22.0. The number of aryl methyl sites for hydroxylation is 2. The number of fused-ring (bicyclic) bond motifs is 2. The molecule has 1 amide bonds. The van der Waals surface area contributed by atoms with Crippen molar-refractivity contribution < 1.29 is 18.3 Å². The first kappa shape index (κ1) is 25.0. The highest BCUT2D eigenvalue weighted by Gasteiger charge is 2.34. The van der Waals surface area contributed by atoms with E-state index in [0.717, 1.165) is 73.5 Å². The SMILES string of the molecule is CC(=O)N1CCc2c(c(N3CCCc4cc(-c5cnn(C)c5)c(C(F)F)cc43)nn2C2CCCOCC2)C1. The predicted octanol–water partition coefficient (Wildman–Crippen LogP) is 4.95. The predicted molar refractivity (Wildman–Crippen MR) is 140 cm³/mol. The zero-order chi connectivity index (χ0) is 26.4. The van der Waals surface area contributed by atoms with Crippen molar-refractivity contribution >= 4 is 17.4 Å². The lowest BCUT2D eigenvalue weighted by molar-refractivity contribution is -0.129. The first-order valence-corrected chi connectivity index (χ1v) is 13.6. The molecular formula is C28H34F2N6O2. The highest BCUT2D eigenvalue weighted by Crippen LogP contribution is 2.43. The van der Waals surface area contributed by atoms with Crippen molar-refractivity contribution in [3.63, 3.8) is 0 Å². The molecular weight excluding hydrogens is 490 g/mol. The Balaban J connectivity index is 1.47. The molecule has 1 saturated heterocycles. The van der Waals surface area contributed by atoms with Gasteiger partial charge in [-0.2, -0.15) is 10.2 Å². The van der Waals surface area contributed by atoms with E-state index in [0.29, 0.717) is 37.4 Å². The number of carbonyl (C=O) groups excluding carboxylic acids is 1. The molecule has 3 aromatic rings. The summed E-state index contributed by atoms with van der Waals surface area (Å²) in [6.45, 7) is 4.92. The molecule has 1 unspecified atom stereocenters. The average Bonchev–Trinajstić information content (AvgIpc) is 3.40. The number of aromatic nitrogens is 4. The van der Waals surface area contributed by atoms with Gasteiger partial charge in [0.15, 0.2) is 5.82 Å². The van der Waals surface area contributed by atoms with Crippen LogP contribution in [0.15, 0.2) is 24.5 Å². The van der Waals surface area contributed by atoms with Crippen molar-refractivity contribution in [3.05, 3.63) is 46.9 Å². The summed E-state index contributed by atoms with van der Waals surface area (Å²) in [5.41, 5.74) is 5.25. The number of hydrogen-bond donors (Lipinski definition) is 0. The van der Waals surface area contributed by atoms with Gasteiger partial charge in [-0.3, -0.25) is 14.2 Å². The second-order valence-corrected chi connectivity index (χ2v) is 10.6. The molecule has 0 N–H and O–H groups in total. The van der Waals surface area contributed by atoms with Crippen LogP contribution < -0.4 is 4.90 Å². The highest BCUT2D eigenvalue weighted by molar-refractivity contribution is 5.78. The molecule has 2 aromatic heterocycles. The Bertz CT molecular complexity index is 1340. The monoisotopic (exact) mass is 524 g/mol. The Hall–Kier alpha value is -3.27. The number of nitrogens with zero attached hydrogens (tertiary/aromatic N) is 6. The van der Waals surface area contributed by atoms with E-state index in [1.54, 1.807) is 37.1 Å². The van der Waals surface area contributed by atoms with Crippen molar-refractivity contribution in [2.24, 2.45) is 7.05 Å². The Morgan fingerprint density at radius 3 is 2.76 bits per heavy atom. The smallest absolute Gasteiger partial charge is 0.264 e. The number of carbonyl (C=O) groups is 1. The van der Waals surface area contributed by atoms with E-state index >= 15 is 0 Å². The summed E-state index contributed by atoms with van der Waals surface area (Å²) in [5.74, 6) is 0.837. The van der Waals surface area contributed by atoms with Crippen molar-refractivity contribution in [3.8, 4) is 11.1 Å². The summed E-state index contributed by atoms with van der Waals surface area (Å²) in [6.07, 6.45) is 6.10. The maximum Gasteiger partial charge on any atom is 0.264 e. The molecule has 0 radical (unpaired) electrons. The lowest BCUT2D eigenvalue weighted by atomic mass is 9.92. The number of halogens is 2. The van der Waals surface area contributed by atoms with Crippen LogP contribution in [0.1, 0.15) is 67.5 Å². The van der Waals surface area contributed by atoms with Gasteiger partial charge in [-0.1, -0.05) is 0 Å². The molecule has 0 bridgehead atoms. The fourth-order valence-corrected chi connectivity index (χ4v) is 6.21. The van der Waals surface area contributed by atoms with Gasteiger partial charge in [0.2, 0.25) is 5.91 Å². The van der Waals surface area contributed by atoms with Gasteiger partial charge in [0.25, 0.3) is 6.43 Å². The molecule has 1 aromatic carbocycles. The molecule has 0 spiro atoms. The minimum Gasteiger partial charge on any atom is -0.381 e. The van der Waals surface area contributed by atoms with Gasteiger partial charge in [-0.25, -0.2) is 8.78 Å². The Kier molecular flexibility index (Phi) is 6.67. The van der Waals surface area contributed by atoms with E-state index in [-0.39, 0.29) is 17.5 Å². The summed E-state index contributed by atoms with van der Waals surface area (Å²) in [6, 6.07) is 3.80. The van der Waals surface area contributed by atoms with Crippen LogP contribution in [0.2, 0.25) is 0 Å². The fraction of sp³-hybridized carbons (Fsp3) is 0.536. The zero-order valence-electron chi connectivity index (χ0n) is 22.0. The lowest BCUT2D eigenvalue weighted by Crippen LogP contribution is -2.35. The normalized spacial score (nSPS) is 19.9. The van der Waals surface area contributed by atoms with Crippen LogP contribution in [0.4, 0.5) is 20.3 Å².